The summed E-state index contributed by atoms with van der Waals surface area (Å²) < 4.78 is 32.0. The molecule has 1 fully saturated rings. The van der Waals surface area contributed by atoms with Gasteiger partial charge < -0.3 is 9.64 Å². The number of hydrogen-bond donors (Lipinski definition) is 0. The van der Waals surface area contributed by atoms with Crippen LogP contribution in [0.2, 0.25) is 0 Å². The molecule has 0 N–H and O–H groups in total. The maximum Gasteiger partial charge on any atom is 0.212 e. The second-order valence-electron chi connectivity index (χ2n) is 6.33. The molecular formula is C17H20N6O3S. The molecule has 0 aliphatic carbocycles. The maximum absolute atomic E-state index is 11.7. The standard InChI is InChI=1S/C17H20N6O3S/c1-26-15-4-3-13(11-19-15)14-12-20-17-16(18-5-6-23(14)17)21-7-9-22(10-8-21)27(2,24)25/h3-6,11-12H,7-10H2,1-2H3. The zero-order valence-electron chi connectivity index (χ0n) is 15.1. The number of fused-ring (bicyclic) bond motifs is 1. The van der Waals surface area contributed by atoms with E-state index in [2.05, 4.69) is 19.9 Å². The van der Waals surface area contributed by atoms with Crippen molar-refractivity contribution in [2.45, 2.75) is 0 Å². The Labute approximate surface area is 157 Å². The Kier molecular flexibility index (Phi) is 4.44. The fraction of sp³-hybridized carbons (Fsp3) is 0.353. The smallest absolute Gasteiger partial charge is 0.212 e. The summed E-state index contributed by atoms with van der Waals surface area (Å²) in [6.45, 7) is 2.03. The molecule has 0 radical (unpaired) electrons. The molecule has 4 rings (SSSR count). The predicted octanol–water partition coefficient (Wildman–Crippen LogP) is 0.881. The van der Waals surface area contributed by atoms with E-state index in [9.17, 15) is 8.42 Å². The SMILES string of the molecule is COc1ccc(-c2cnc3c(N4CCN(S(C)(=O)=O)CC4)nccn23)cn1. The van der Waals surface area contributed by atoms with Crippen LogP contribution in [0.3, 0.4) is 0 Å². The molecule has 27 heavy (non-hydrogen) atoms. The van der Waals surface area contributed by atoms with Crippen molar-refractivity contribution in [3.8, 4) is 17.1 Å². The summed E-state index contributed by atoms with van der Waals surface area (Å²) in [6, 6.07) is 3.74. The van der Waals surface area contributed by atoms with Gasteiger partial charge in [0.2, 0.25) is 15.9 Å². The fourth-order valence-electron chi connectivity index (χ4n) is 3.23. The van der Waals surface area contributed by atoms with Gasteiger partial charge in [0, 0.05) is 56.4 Å². The topological polar surface area (TPSA) is 92.9 Å². The third-order valence-corrected chi connectivity index (χ3v) is 5.96. The fourth-order valence-corrected chi connectivity index (χ4v) is 4.05. The van der Waals surface area contributed by atoms with E-state index in [1.54, 1.807) is 31.8 Å². The molecule has 0 bridgehead atoms. The lowest BCUT2D eigenvalue weighted by molar-refractivity contribution is 0.387. The number of aromatic nitrogens is 4. The van der Waals surface area contributed by atoms with E-state index in [0.717, 1.165) is 22.7 Å². The number of piperazine rings is 1. The normalized spacial score (nSPS) is 16.0. The highest BCUT2D eigenvalue weighted by Crippen LogP contribution is 2.26. The molecule has 4 heterocycles. The van der Waals surface area contributed by atoms with Crippen molar-refractivity contribution in [1.29, 1.82) is 0 Å². The van der Waals surface area contributed by atoms with Gasteiger partial charge in [-0.2, -0.15) is 4.31 Å². The van der Waals surface area contributed by atoms with Crippen LogP contribution in [0.25, 0.3) is 16.9 Å². The Morgan fingerprint density at radius 1 is 1.04 bits per heavy atom. The molecule has 10 heteroatoms. The highest BCUT2D eigenvalue weighted by molar-refractivity contribution is 7.88. The van der Waals surface area contributed by atoms with E-state index in [0.29, 0.717) is 32.1 Å². The van der Waals surface area contributed by atoms with Gasteiger partial charge in [0.1, 0.15) is 0 Å². The van der Waals surface area contributed by atoms with Crippen LogP contribution in [0.4, 0.5) is 5.82 Å². The Hall–Kier alpha value is -2.72. The van der Waals surface area contributed by atoms with Crippen LogP contribution in [0.15, 0.2) is 36.9 Å². The lowest BCUT2D eigenvalue weighted by atomic mass is 10.2. The summed E-state index contributed by atoms with van der Waals surface area (Å²) in [6.07, 6.45) is 8.36. The van der Waals surface area contributed by atoms with Crippen molar-refractivity contribution in [3.05, 3.63) is 36.9 Å². The molecule has 1 aliphatic rings. The minimum atomic E-state index is -3.16. The first-order valence-electron chi connectivity index (χ1n) is 8.50. The Morgan fingerprint density at radius 2 is 1.81 bits per heavy atom. The van der Waals surface area contributed by atoms with Crippen LogP contribution in [0, 0.1) is 0 Å². The van der Waals surface area contributed by atoms with E-state index in [-0.39, 0.29) is 0 Å². The van der Waals surface area contributed by atoms with E-state index in [1.807, 2.05) is 16.7 Å². The van der Waals surface area contributed by atoms with Crippen LogP contribution in [-0.4, -0.2) is 71.6 Å². The van der Waals surface area contributed by atoms with Crippen LogP contribution in [-0.2, 0) is 10.0 Å². The molecule has 3 aromatic rings. The number of pyridine rings is 1. The average molecular weight is 388 g/mol. The van der Waals surface area contributed by atoms with Crippen molar-refractivity contribution in [2.24, 2.45) is 0 Å². The van der Waals surface area contributed by atoms with Gasteiger partial charge in [0.15, 0.2) is 11.5 Å². The quantitative estimate of drug-likeness (QED) is 0.655. The zero-order valence-corrected chi connectivity index (χ0v) is 15.9. The molecule has 0 aromatic carbocycles. The molecule has 0 amide bonds. The molecule has 0 unspecified atom stereocenters. The lowest BCUT2D eigenvalue weighted by Gasteiger charge is -2.33. The first-order chi connectivity index (χ1) is 13.0. The first kappa shape index (κ1) is 17.7. The summed E-state index contributed by atoms with van der Waals surface area (Å²) >= 11 is 0. The van der Waals surface area contributed by atoms with E-state index in [4.69, 9.17) is 4.74 Å². The van der Waals surface area contributed by atoms with Crippen LogP contribution < -0.4 is 9.64 Å². The predicted molar refractivity (Wildman–Crippen MR) is 101 cm³/mol. The van der Waals surface area contributed by atoms with Crippen LogP contribution in [0.5, 0.6) is 5.88 Å². The summed E-state index contributed by atoms with van der Waals surface area (Å²) in [5, 5.41) is 0. The number of ether oxygens (including phenoxy) is 1. The average Bonchev–Trinajstić information content (AvgIpc) is 3.12. The molecule has 9 nitrogen and oxygen atoms in total. The van der Waals surface area contributed by atoms with Crippen LogP contribution >= 0.6 is 0 Å². The van der Waals surface area contributed by atoms with Crippen LogP contribution in [0.1, 0.15) is 0 Å². The van der Waals surface area contributed by atoms with Gasteiger partial charge in [-0.25, -0.2) is 23.4 Å². The number of rotatable bonds is 4. The number of sulfonamides is 1. The molecule has 1 saturated heterocycles. The zero-order chi connectivity index (χ0) is 19.0. The van der Waals surface area contributed by atoms with Gasteiger partial charge in [-0.1, -0.05) is 0 Å². The Morgan fingerprint density at radius 3 is 2.44 bits per heavy atom. The Bertz CT molecular complexity index is 1060. The van der Waals surface area contributed by atoms with Gasteiger partial charge in [0.25, 0.3) is 0 Å². The van der Waals surface area contributed by atoms with E-state index < -0.39 is 10.0 Å². The summed E-state index contributed by atoms with van der Waals surface area (Å²) in [5.74, 6) is 1.30. The van der Waals surface area contributed by atoms with Crippen molar-refractivity contribution in [2.75, 3.05) is 44.4 Å². The molecule has 142 valence electrons. The van der Waals surface area contributed by atoms with Gasteiger partial charge in [0.05, 0.1) is 25.3 Å². The largest absolute Gasteiger partial charge is 0.481 e. The maximum atomic E-state index is 11.7. The monoisotopic (exact) mass is 388 g/mol. The number of nitrogens with zero attached hydrogens (tertiary/aromatic N) is 6. The minimum Gasteiger partial charge on any atom is -0.481 e. The van der Waals surface area contributed by atoms with Gasteiger partial charge in [-0.15, -0.1) is 0 Å². The molecule has 0 saturated carbocycles. The number of anilines is 1. The van der Waals surface area contributed by atoms with E-state index in [1.165, 1.54) is 10.6 Å². The van der Waals surface area contributed by atoms with Crippen molar-refractivity contribution in [1.82, 2.24) is 23.7 Å². The van der Waals surface area contributed by atoms with Crippen molar-refractivity contribution >= 4 is 21.5 Å². The van der Waals surface area contributed by atoms with Crippen molar-refractivity contribution in [3.63, 3.8) is 0 Å². The molecule has 0 spiro atoms. The minimum absolute atomic E-state index is 0.442. The van der Waals surface area contributed by atoms with Gasteiger partial charge >= 0.3 is 0 Å². The molecular weight excluding hydrogens is 368 g/mol. The number of methoxy groups -OCH3 is 1. The van der Waals surface area contributed by atoms with E-state index >= 15 is 0 Å². The van der Waals surface area contributed by atoms with Gasteiger partial charge in [-0.05, 0) is 6.07 Å². The number of imidazole rings is 1. The Balaban J connectivity index is 1.65. The summed E-state index contributed by atoms with van der Waals surface area (Å²) in [4.78, 5) is 15.4. The third kappa shape index (κ3) is 3.33. The highest BCUT2D eigenvalue weighted by Gasteiger charge is 2.25. The second-order valence-corrected chi connectivity index (χ2v) is 8.31. The highest BCUT2D eigenvalue weighted by atomic mass is 32.2. The summed E-state index contributed by atoms with van der Waals surface area (Å²) in [7, 11) is -1.58. The molecule has 1 aliphatic heterocycles. The molecule has 3 aromatic heterocycles. The summed E-state index contributed by atoms with van der Waals surface area (Å²) in [5.41, 5.74) is 2.55. The number of hydrogen-bond acceptors (Lipinski definition) is 7. The molecule has 0 atom stereocenters. The lowest BCUT2D eigenvalue weighted by Crippen LogP contribution is -2.48. The first-order valence-corrected chi connectivity index (χ1v) is 10.3. The third-order valence-electron chi connectivity index (χ3n) is 4.66. The van der Waals surface area contributed by atoms with Crippen molar-refractivity contribution < 1.29 is 13.2 Å². The second kappa shape index (κ2) is 6.78. The van der Waals surface area contributed by atoms with Gasteiger partial charge in [-0.3, -0.25) is 4.40 Å².